The molecule has 1 aromatic carbocycles. The first-order valence-electron chi connectivity index (χ1n) is 8.43. The Balaban J connectivity index is 1.42. The molecule has 1 aliphatic rings. The van der Waals surface area contributed by atoms with Gasteiger partial charge in [0.15, 0.2) is 11.6 Å². The second kappa shape index (κ2) is 8.20. The summed E-state index contributed by atoms with van der Waals surface area (Å²) in [4.78, 5) is 17.7. The van der Waals surface area contributed by atoms with E-state index in [1.165, 1.54) is 18.3 Å². The maximum absolute atomic E-state index is 13.6. The van der Waals surface area contributed by atoms with E-state index in [0.717, 1.165) is 38.5 Å². The van der Waals surface area contributed by atoms with Crippen molar-refractivity contribution in [3.8, 4) is 5.75 Å². The maximum atomic E-state index is 13.6. The molecule has 134 valence electrons. The van der Waals surface area contributed by atoms with Crippen LogP contribution < -0.4 is 10.3 Å². The zero-order valence-electron chi connectivity index (χ0n) is 13.9. The third-order valence-electron chi connectivity index (χ3n) is 4.56. The minimum atomic E-state index is -0.928. The Kier molecular flexibility index (Phi) is 5.75. The average Bonchev–Trinajstić information content (AvgIpc) is 2.63. The Morgan fingerprint density at radius 3 is 2.76 bits per heavy atom. The van der Waals surface area contributed by atoms with Crippen LogP contribution >= 0.6 is 0 Å². The minimum Gasteiger partial charge on any atom is -0.490 e. The zero-order valence-corrected chi connectivity index (χ0v) is 13.9. The summed E-state index contributed by atoms with van der Waals surface area (Å²) in [5.41, 5.74) is -0.0945. The highest BCUT2D eigenvalue weighted by Crippen LogP contribution is 2.22. The lowest BCUT2D eigenvalue weighted by Crippen LogP contribution is -2.38. The summed E-state index contributed by atoms with van der Waals surface area (Å²) >= 11 is 0. The molecular formula is C18H21F2N3O2. The van der Waals surface area contributed by atoms with Gasteiger partial charge < -0.3 is 14.2 Å². The van der Waals surface area contributed by atoms with Gasteiger partial charge in [-0.3, -0.25) is 9.78 Å². The Bertz CT molecular complexity index is 758. The molecule has 5 nitrogen and oxygen atoms in total. The third-order valence-corrected chi connectivity index (χ3v) is 4.56. The SMILES string of the molecule is O=c1cnccn1CCN1CCC(COc2cccc(F)c2F)CC1. The number of benzene rings is 1. The van der Waals surface area contributed by atoms with Gasteiger partial charge in [-0.1, -0.05) is 6.07 Å². The largest absolute Gasteiger partial charge is 0.490 e. The average molecular weight is 349 g/mol. The van der Waals surface area contributed by atoms with Gasteiger partial charge in [0, 0.05) is 25.5 Å². The molecule has 2 aromatic rings. The van der Waals surface area contributed by atoms with Gasteiger partial charge in [-0.25, -0.2) is 4.39 Å². The van der Waals surface area contributed by atoms with Gasteiger partial charge in [0.2, 0.25) is 5.82 Å². The second-order valence-electron chi connectivity index (χ2n) is 6.26. The predicted octanol–water partition coefficient (Wildman–Crippen LogP) is 2.31. The van der Waals surface area contributed by atoms with Crippen molar-refractivity contribution >= 4 is 0 Å². The molecule has 0 radical (unpaired) electrons. The maximum Gasteiger partial charge on any atom is 0.269 e. The summed E-state index contributed by atoms with van der Waals surface area (Å²) in [6.45, 7) is 3.63. The summed E-state index contributed by atoms with van der Waals surface area (Å²) in [6, 6.07) is 3.96. The molecule has 0 N–H and O–H groups in total. The first-order valence-corrected chi connectivity index (χ1v) is 8.43. The number of hydrogen-bond donors (Lipinski definition) is 0. The molecule has 0 bridgehead atoms. The van der Waals surface area contributed by atoms with Crippen LogP contribution in [0.1, 0.15) is 12.8 Å². The standard InChI is InChI=1S/C18H21F2N3O2/c19-15-2-1-3-16(18(15)20)25-13-14-4-7-22(8-5-14)10-11-23-9-6-21-12-17(23)24/h1-3,6,9,12,14H,4-5,7-8,10-11,13H2. The fraction of sp³-hybridized carbons (Fsp3) is 0.444. The molecule has 2 heterocycles. The Hall–Kier alpha value is -2.28. The zero-order chi connectivity index (χ0) is 17.6. The smallest absolute Gasteiger partial charge is 0.269 e. The van der Waals surface area contributed by atoms with Crippen molar-refractivity contribution < 1.29 is 13.5 Å². The summed E-state index contributed by atoms with van der Waals surface area (Å²) < 4.78 is 33.8. The van der Waals surface area contributed by atoms with Crippen LogP contribution in [0, 0.1) is 17.6 Å². The van der Waals surface area contributed by atoms with Crippen LogP contribution in [0.15, 0.2) is 41.6 Å². The predicted molar refractivity (Wildman–Crippen MR) is 89.5 cm³/mol. The van der Waals surface area contributed by atoms with Crippen molar-refractivity contribution in [1.29, 1.82) is 0 Å². The van der Waals surface area contributed by atoms with Crippen molar-refractivity contribution in [2.45, 2.75) is 19.4 Å². The highest BCUT2D eigenvalue weighted by Gasteiger charge is 2.20. The van der Waals surface area contributed by atoms with E-state index >= 15 is 0 Å². The topological polar surface area (TPSA) is 47.4 Å². The molecule has 25 heavy (non-hydrogen) atoms. The number of piperidine rings is 1. The molecule has 1 saturated heterocycles. The lowest BCUT2D eigenvalue weighted by molar-refractivity contribution is 0.135. The van der Waals surface area contributed by atoms with Gasteiger partial charge in [0.05, 0.1) is 12.8 Å². The fourth-order valence-corrected chi connectivity index (χ4v) is 2.99. The molecule has 0 atom stereocenters. The van der Waals surface area contributed by atoms with Gasteiger partial charge in [0.1, 0.15) is 0 Å². The number of likely N-dealkylation sites (tertiary alicyclic amines) is 1. The highest BCUT2D eigenvalue weighted by atomic mass is 19.2. The molecule has 3 rings (SSSR count). The Morgan fingerprint density at radius 2 is 2.00 bits per heavy atom. The van der Waals surface area contributed by atoms with Gasteiger partial charge in [-0.05, 0) is 44.0 Å². The van der Waals surface area contributed by atoms with Crippen LogP contribution in [-0.2, 0) is 6.54 Å². The van der Waals surface area contributed by atoms with E-state index in [1.54, 1.807) is 17.0 Å². The number of nitrogens with zero attached hydrogens (tertiary/aromatic N) is 3. The van der Waals surface area contributed by atoms with E-state index < -0.39 is 11.6 Å². The van der Waals surface area contributed by atoms with Gasteiger partial charge >= 0.3 is 0 Å². The molecule has 0 amide bonds. The molecule has 0 aliphatic carbocycles. The van der Waals surface area contributed by atoms with Crippen LogP contribution in [0.2, 0.25) is 0 Å². The van der Waals surface area contributed by atoms with Gasteiger partial charge in [-0.15, -0.1) is 0 Å². The lowest BCUT2D eigenvalue weighted by atomic mass is 9.98. The Morgan fingerprint density at radius 1 is 1.20 bits per heavy atom. The molecule has 7 heteroatoms. The number of halogens is 2. The third kappa shape index (κ3) is 4.63. The van der Waals surface area contributed by atoms with Gasteiger partial charge in [-0.2, -0.15) is 4.39 Å². The summed E-state index contributed by atoms with van der Waals surface area (Å²) in [7, 11) is 0. The molecule has 1 aliphatic heterocycles. The van der Waals surface area contributed by atoms with Crippen LogP contribution in [-0.4, -0.2) is 40.7 Å². The monoisotopic (exact) mass is 349 g/mol. The first-order chi connectivity index (χ1) is 12.1. The molecule has 1 fully saturated rings. The second-order valence-corrected chi connectivity index (χ2v) is 6.26. The van der Waals surface area contributed by atoms with E-state index in [9.17, 15) is 13.6 Å². The number of aromatic nitrogens is 2. The Labute approximate surface area is 144 Å². The van der Waals surface area contributed by atoms with Crippen LogP contribution in [0.4, 0.5) is 8.78 Å². The van der Waals surface area contributed by atoms with Crippen LogP contribution in [0.25, 0.3) is 0 Å². The fourth-order valence-electron chi connectivity index (χ4n) is 2.99. The van der Waals surface area contributed by atoms with E-state index in [-0.39, 0.29) is 11.3 Å². The number of ether oxygens (including phenoxy) is 1. The minimum absolute atomic E-state index is 0.0282. The van der Waals surface area contributed by atoms with Crippen molar-refractivity contribution in [3.63, 3.8) is 0 Å². The van der Waals surface area contributed by atoms with E-state index in [2.05, 4.69) is 9.88 Å². The summed E-state index contributed by atoms with van der Waals surface area (Å²) in [5, 5.41) is 0. The lowest BCUT2D eigenvalue weighted by Gasteiger charge is -2.31. The van der Waals surface area contributed by atoms with Crippen molar-refractivity contribution in [2.24, 2.45) is 5.92 Å². The van der Waals surface area contributed by atoms with Crippen molar-refractivity contribution in [2.75, 3.05) is 26.2 Å². The quantitative estimate of drug-likeness (QED) is 0.803. The molecule has 1 aromatic heterocycles. The van der Waals surface area contributed by atoms with Crippen LogP contribution in [0.3, 0.4) is 0 Å². The summed E-state index contributed by atoms with van der Waals surface area (Å²) in [6.07, 6.45) is 6.48. The van der Waals surface area contributed by atoms with Crippen molar-refractivity contribution in [1.82, 2.24) is 14.5 Å². The highest BCUT2D eigenvalue weighted by molar-refractivity contribution is 5.25. The summed E-state index contributed by atoms with van der Waals surface area (Å²) in [5.74, 6) is -1.52. The van der Waals surface area contributed by atoms with Gasteiger partial charge in [0.25, 0.3) is 5.56 Å². The molecular weight excluding hydrogens is 328 g/mol. The van der Waals surface area contributed by atoms with E-state index in [0.29, 0.717) is 19.1 Å². The first kappa shape index (κ1) is 17.5. The molecule has 0 unspecified atom stereocenters. The normalized spacial score (nSPS) is 16.1. The number of rotatable bonds is 6. The molecule has 0 saturated carbocycles. The molecule has 0 spiro atoms. The van der Waals surface area contributed by atoms with E-state index in [4.69, 9.17) is 4.74 Å². The van der Waals surface area contributed by atoms with E-state index in [1.807, 2.05) is 0 Å². The number of hydrogen-bond acceptors (Lipinski definition) is 4. The van der Waals surface area contributed by atoms with Crippen LogP contribution in [0.5, 0.6) is 5.75 Å². The van der Waals surface area contributed by atoms with Crippen molar-refractivity contribution in [3.05, 3.63) is 58.8 Å².